The molecule has 0 fully saturated rings. The van der Waals surface area contributed by atoms with Crippen molar-refractivity contribution in [1.29, 1.82) is 0 Å². The maximum atomic E-state index is 5.56. The molecule has 0 spiro atoms. The van der Waals surface area contributed by atoms with Gasteiger partial charge in [-0.25, -0.2) is 9.98 Å². The van der Waals surface area contributed by atoms with Crippen LogP contribution in [-0.4, -0.2) is 24.0 Å². The predicted octanol–water partition coefficient (Wildman–Crippen LogP) is 2.90. The van der Waals surface area contributed by atoms with E-state index < -0.39 is 0 Å². The molecule has 0 amide bonds. The summed E-state index contributed by atoms with van der Waals surface area (Å²) in [6, 6.07) is 8.57. The number of hydrogen-bond donors (Lipinski definition) is 2. The van der Waals surface area contributed by atoms with E-state index in [2.05, 4.69) is 58.7 Å². The molecular formula is C18H26N4O. The summed E-state index contributed by atoms with van der Waals surface area (Å²) in [6.45, 7) is 10.1. The second kappa shape index (κ2) is 8.36. The van der Waals surface area contributed by atoms with Gasteiger partial charge < -0.3 is 15.1 Å². The van der Waals surface area contributed by atoms with E-state index in [1.165, 1.54) is 11.1 Å². The van der Waals surface area contributed by atoms with Crippen LogP contribution in [0.5, 0.6) is 0 Å². The first-order valence-corrected chi connectivity index (χ1v) is 8.09. The minimum absolute atomic E-state index is 0.439. The lowest BCUT2D eigenvalue weighted by Gasteiger charge is -2.11. The number of oxazole rings is 1. The van der Waals surface area contributed by atoms with Gasteiger partial charge >= 0.3 is 0 Å². The van der Waals surface area contributed by atoms with Crippen LogP contribution in [0, 0.1) is 20.8 Å². The minimum atomic E-state index is 0.439. The fourth-order valence-electron chi connectivity index (χ4n) is 2.29. The van der Waals surface area contributed by atoms with Crippen molar-refractivity contribution in [2.45, 2.75) is 40.7 Å². The van der Waals surface area contributed by atoms with Gasteiger partial charge in [0.1, 0.15) is 12.3 Å². The average molecular weight is 314 g/mol. The van der Waals surface area contributed by atoms with E-state index in [9.17, 15) is 0 Å². The molecular weight excluding hydrogens is 288 g/mol. The Morgan fingerprint density at radius 3 is 2.70 bits per heavy atom. The van der Waals surface area contributed by atoms with Gasteiger partial charge in [-0.05, 0) is 39.7 Å². The van der Waals surface area contributed by atoms with Crippen LogP contribution in [0.15, 0.2) is 33.7 Å². The quantitative estimate of drug-likeness (QED) is 0.636. The van der Waals surface area contributed by atoms with Gasteiger partial charge in [0.2, 0.25) is 5.89 Å². The highest BCUT2D eigenvalue weighted by atomic mass is 16.4. The largest absolute Gasteiger partial charge is 0.444 e. The van der Waals surface area contributed by atoms with Gasteiger partial charge in [-0.1, -0.05) is 29.8 Å². The molecule has 0 aliphatic carbocycles. The normalized spacial score (nSPS) is 11.6. The number of aryl methyl sites for hydroxylation is 3. The first kappa shape index (κ1) is 17.1. The molecule has 0 unspecified atom stereocenters. The average Bonchev–Trinajstić information content (AvgIpc) is 2.83. The summed E-state index contributed by atoms with van der Waals surface area (Å²) in [5.74, 6) is 2.29. The lowest BCUT2D eigenvalue weighted by molar-refractivity contribution is 0.473. The van der Waals surface area contributed by atoms with Crippen LogP contribution < -0.4 is 10.6 Å². The molecule has 1 heterocycles. The summed E-state index contributed by atoms with van der Waals surface area (Å²) in [5, 5.41) is 6.59. The van der Waals surface area contributed by atoms with Crippen molar-refractivity contribution >= 4 is 5.96 Å². The Morgan fingerprint density at radius 2 is 2.04 bits per heavy atom. The molecule has 0 aliphatic heterocycles. The molecule has 0 saturated heterocycles. The van der Waals surface area contributed by atoms with Gasteiger partial charge in [0, 0.05) is 13.1 Å². The maximum absolute atomic E-state index is 5.56. The Balaban J connectivity index is 1.88. The van der Waals surface area contributed by atoms with Crippen molar-refractivity contribution in [3.63, 3.8) is 0 Å². The molecule has 2 N–H and O–H groups in total. The fraction of sp³-hybridized carbons (Fsp3) is 0.444. The van der Waals surface area contributed by atoms with Crippen molar-refractivity contribution in [3.8, 4) is 0 Å². The highest BCUT2D eigenvalue weighted by Gasteiger charge is 2.05. The lowest BCUT2D eigenvalue weighted by atomic mass is 10.1. The first-order chi connectivity index (χ1) is 11.1. The number of rotatable bonds is 6. The van der Waals surface area contributed by atoms with Crippen LogP contribution in [0.25, 0.3) is 0 Å². The third-order valence-electron chi connectivity index (χ3n) is 3.58. The van der Waals surface area contributed by atoms with Gasteiger partial charge in [-0.3, -0.25) is 0 Å². The summed E-state index contributed by atoms with van der Waals surface area (Å²) >= 11 is 0. The molecule has 5 nitrogen and oxygen atoms in total. The van der Waals surface area contributed by atoms with Crippen molar-refractivity contribution < 1.29 is 4.42 Å². The highest BCUT2D eigenvalue weighted by molar-refractivity contribution is 5.79. The maximum Gasteiger partial charge on any atom is 0.216 e. The SMILES string of the molecule is CCNC(=NCc1nc(C)c(C)o1)NCCc1cccc(C)c1. The number of aromatic nitrogens is 1. The van der Waals surface area contributed by atoms with E-state index in [0.717, 1.165) is 36.9 Å². The van der Waals surface area contributed by atoms with Gasteiger partial charge in [-0.2, -0.15) is 0 Å². The van der Waals surface area contributed by atoms with E-state index in [1.807, 2.05) is 13.8 Å². The van der Waals surface area contributed by atoms with Crippen LogP contribution in [0.1, 0.15) is 35.4 Å². The second-order valence-corrected chi connectivity index (χ2v) is 5.61. The van der Waals surface area contributed by atoms with Crippen molar-refractivity contribution in [1.82, 2.24) is 15.6 Å². The molecule has 0 aliphatic rings. The zero-order valence-corrected chi connectivity index (χ0v) is 14.4. The monoisotopic (exact) mass is 314 g/mol. The third kappa shape index (κ3) is 5.43. The molecule has 124 valence electrons. The Bertz CT molecular complexity index is 641. The zero-order chi connectivity index (χ0) is 16.7. The number of guanidine groups is 1. The van der Waals surface area contributed by atoms with Crippen LogP contribution in [0.2, 0.25) is 0 Å². The number of aliphatic imine (C=N–C) groups is 1. The third-order valence-corrected chi connectivity index (χ3v) is 3.58. The summed E-state index contributed by atoms with van der Waals surface area (Å²) in [6.07, 6.45) is 0.962. The van der Waals surface area contributed by atoms with E-state index in [1.54, 1.807) is 0 Å². The van der Waals surface area contributed by atoms with Crippen molar-refractivity contribution in [2.75, 3.05) is 13.1 Å². The second-order valence-electron chi connectivity index (χ2n) is 5.61. The number of nitrogens with one attached hydrogen (secondary N) is 2. The standard InChI is InChI=1S/C18H26N4O/c1-5-19-18(21-12-17-22-14(3)15(4)23-17)20-10-9-16-8-6-7-13(2)11-16/h6-8,11H,5,9-10,12H2,1-4H3,(H2,19,20,21). The molecule has 0 radical (unpaired) electrons. The van der Waals surface area contributed by atoms with Gasteiger partial charge in [0.05, 0.1) is 5.69 Å². The summed E-state index contributed by atoms with van der Waals surface area (Å²) in [7, 11) is 0. The molecule has 5 heteroatoms. The van der Waals surface area contributed by atoms with Crippen LogP contribution in [0.4, 0.5) is 0 Å². The van der Waals surface area contributed by atoms with Gasteiger partial charge in [0.15, 0.2) is 5.96 Å². The van der Waals surface area contributed by atoms with E-state index in [-0.39, 0.29) is 0 Å². The number of nitrogens with zero attached hydrogens (tertiary/aromatic N) is 2. The van der Waals surface area contributed by atoms with E-state index in [0.29, 0.717) is 12.4 Å². The van der Waals surface area contributed by atoms with E-state index >= 15 is 0 Å². The first-order valence-electron chi connectivity index (χ1n) is 8.09. The van der Waals surface area contributed by atoms with Crippen LogP contribution in [0.3, 0.4) is 0 Å². The predicted molar refractivity (Wildman–Crippen MR) is 93.7 cm³/mol. The van der Waals surface area contributed by atoms with Gasteiger partial charge in [-0.15, -0.1) is 0 Å². The fourth-order valence-corrected chi connectivity index (χ4v) is 2.29. The Labute approximate surface area is 138 Å². The van der Waals surface area contributed by atoms with Crippen molar-refractivity contribution in [3.05, 3.63) is 52.7 Å². The lowest BCUT2D eigenvalue weighted by Crippen LogP contribution is -2.38. The van der Waals surface area contributed by atoms with Gasteiger partial charge in [0.25, 0.3) is 0 Å². The molecule has 23 heavy (non-hydrogen) atoms. The summed E-state index contributed by atoms with van der Waals surface area (Å²) in [4.78, 5) is 8.88. The molecule has 0 saturated carbocycles. The topological polar surface area (TPSA) is 62.5 Å². The number of hydrogen-bond acceptors (Lipinski definition) is 3. The zero-order valence-electron chi connectivity index (χ0n) is 14.4. The van der Waals surface area contributed by atoms with E-state index in [4.69, 9.17) is 4.42 Å². The minimum Gasteiger partial charge on any atom is -0.444 e. The van der Waals surface area contributed by atoms with Crippen molar-refractivity contribution in [2.24, 2.45) is 4.99 Å². The molecule has 2 aromatic rings. The molecule has 0 bridgehead atoms. The van der Waals surface area contributed by atoms with Crippen LogP contribution >= 0.6 is 0 Å². The molecule has 1 aromatic carbocycles. The van der Waals surface area contributed by atoms with Crippen LogP contribution in [-0.2, 0) is 13.0 Å². The Hall–Kier alpha value is -2.30. The smallest absolute Gasteiger partial charge is 0.216 e. The molecule has 2 rings (SSSR count). The highest BCUT2D eigenvalue weighted by Crippen LogP contribution is 2.09. The molecule has 0 atom stereocenters. The summed E-state index contributed by atoms with van der Waals surface area (Å²) < 4.78 is 5.56. The Kier molecular flexibility index (Phi) is 6.20. The molecule has 1 aromatic heterocycles. The number of benzene rings is 1. The Morgan fingerprint density at radius 1 is 1.22 bits per heavy atom. The summed E-state index contributed by atoms with van der Waals surface area (Å²) in [5.41, 5.74) is 3.54.